The molecule has 43 heavy (non-hydrogen) atoms. The van der Waals surface area contributed by atoms with Crippen molar-refractivity contribution in [2.45, 2.75) is 181 Å². The summed E-state index contributed by atoms with van der Waals surface area (Å²) in [5, 5.41) is 16.0. The van der Waals surface area contributed by atoms with Crippen molar-refractivity contribution in [3.05, 3.63) is 0 Å². The Hall–Kier alpha value is -1.67. The van der Waals surface area contributed by atoms with Gasteiger partial charge in [0.1, 0.15) is 6.10 Å². The molecule has 0 radical (unpaired) electrons. The largest absolute Gasteiger partial charge is 0.481 e. The molecule has 0 spiro atoms. The number of carbonyl (C=O) groups is 3. The van der Waals surface area contributed by atoms with Gasteiger partial charge in [-0.2, -0.15) is 0 Å². The van der Waals surface area contributed by atoms with Crippen LogP contribution in [-0.2, 0) is 23.9 Å². The molecule has 5 unspecified atom stereocenters. The van der Waals surface area contributed by atoms with E-state index in [-0.39, 0.29) is 36.1 Å². The summed E-state index contributed by atoms with van der Waals surface area (Å²) >= 11 is 0. The van der Waals surface area contributed by atoms with E-state index in [1.54, 1.807) is 13.8 Å². The molecule has 0 aromatic carbocycles. The third kappa shape index (κ3) is 13.9. The third-order valence-corrected chi connectivity index (χ3v) is 9.47. The maximum absolute atomic E-state index is 13.5. The van der Waals surface area contributed by atoms with E-state index in [1.165, 1.54) is 64.2 Å². The Morgan fingerprint density at radius 1 is 0.860 bits per heavy atom. The quantitative estimate of drug-likeness (QED) is 0.123. The average molecular weight is 609 g/mol. The van der Waals surface area contributed by atoms with Gasteiger partial charge in [-0.15, -0.1) is 0 Å². The van der Waals surface area contributed by atoms with E-state index in [2.05, 4.69) is 17.6 Å². The van der Waals surface area contributed by atoms with Gasteiger partial charge in [0, 0.05) is 23.4 Å². The van der Waals surface area contributed by atoms with Crippen LogP contribution in [0.15, 0.2) is 0 Å². The first-order chi connectivity index (χ1) is 20.4. The van der Waals surface area contributed by atoms with E-state index in [9.17, 15) is 19.5 Å². The first-order valence-electron chi connectivity index (χ1n) is 17.5. The summed E-state index contributed by atoms with van der Waals surface area (Å²) in [6.45, 7) is 12.0. The monoisotopic (exact) mass is 608 g/mol. The maximum atomic E-state index is 13.5. The standard InChI is InChI=1S/C35H64N2O6/c1-7-8-9-10-11-12-13-14-15-16-17-18-21-26(2)32(40)36-28-23-20-19-22-27(28)29(24-30(38)39)37-33(41)31-34(3,4)25-42-35(5,6)43-31/h26-29,31H,7-25H2,1-6H3,(H,36,40)(H,37,41)(H,38,39). The highest BCUT2D eigenvalue weighted by atomic mass is 16.7. The van der Waals surface area contributed by atoms with Crippen LogP contribution in [-0.4, -0.2) is 53.5 Å². The van der Waals surface area contributed by atoms with Gasteiger partial charge in [0.2, 0.25) is 11.8 Å². The lowest BCUT2D eigenvalue weighted by Crippen LogP contribution is -2.60. The zero-order valence-electron chi connectivity index (χ0n) is 28.3. The smallest absolute Gasteiger partial charge is 0.305 e. The maximum Gasteiger partial charge on any atom is 0.305 e. The van der Waals surface area contributed by atoms with Crippen LogP contribution in [0.4, 0.5) is 0 Å². The van der Waals surface area contributed by atoms with Crippen LogP contribution in [0.1, 0.15) is 157 Å². The molecule has 5 atom stereocenters. The first-order valence-corrected chi connectivity index (χ1v) is 17.5. The van der Waals surface area contributed by atoms with E-state index in [4.69, 9.17) is 9.47 Å². The second-order valence-corrected chi connectivity index (χ2v) is 14.5. The Balaban J connectivity index is 1.83. The highest BCUT2D eigenvalue weighted by Crippen LogP contribution is 2.36. The molecule has 8 nitrogen and oxygen atoms in total. The summed E-state index contributed by atoms with van der Waals surface area (Å²) in [6, 6.07) is -0.747. The van der Waals surface area contributed by atoms with Crippen LogP contribution in [0.25, 0.3) is 0 Å². The molecule has 2 aliphatic rings. The van der Waals surface area contributed by atoms with Gasteiger partial charge in [-0.05, 0) is 39.0 Å². The van der Waals surface area contributed by atoms with Crippen molar-refractivity contribution in [1.29, 1.82) is 0 Å². The normalized spacial score (nSPS) is 24.6. The Kier molecular flexibility index (Phi) is 16.6. The highest BCUT2D eigenvalue weighted by Gasteiger charge is 2.47. The van der Waals surface area contributed by atoms with Crippen molar-refractivity contribution < 1.29 is 29.0 Å². The zero-order valence-corrected chi connectivity index (χ0v) is 28.3. The van der Waals surface area contributed by atoms with E-state index in [1.807, 2.05) is 20.8 Å². The number of rotatable bonds is 20. The van der Waals surface area contributed by atoms with Crippen LogP contribution in [0.5, 0.6) is 0 Å². The lowest BCUT2D eigenvalue weighted by atomic mass is 9.77. The Morgan fingerprint density at radius 2 is 1.42 bits per heavy atom. The Morgan fingerprint density at radius 3 is 2.00 bits per heavy atom. The summed E-state index contributed by atoms with van der Waals surface area (Å²) < 4.78 is 11.8. The lowest BCUT2D eigenvalue weighted by molar-refractivity contribution is -0.304. The predicted molar refractivity (Wildman–Crippen MR) is 172 cm³/mol. The molecule has 8 heteroatoms. The molecule has 0 aromatic rings. The van der Waals surface area contributed by atoms with E-state index >= 15 is 0 Å². The van der Waals surface area contributed by atoms with Gasteiger partial charge in [0.25, 0.3) is 0 Å². The molecule has 1 heterocycles. The fourth-order valence-corrected chi connectivity index (χ4v) is 6.65. The van der Waals surface area contributed by atoms with Gasteiger partial charge in [0.05, 0.1) is 13.0 Å². The third-order valence-electron chi connectivity index (χ3n) is 9.47. The van der Waals surface area contributed by atoms with E-state index < -0.39 is 29.3 Å². The van der Waals surface area contributed by atoms with Gasteiger partial charge in [0.15, 0.2) is 5.79 Å². The van der Waals surface area contributed by atoms with E-state index in [0.29, 0.717) is 6.61 Å². The van der Waals surface area contributed by atoms with Crippen molar-refractivity contribution in [1.82, 2.24) is 10.6 Å². The lowest BCUT2D eigenvalue weighted by Gasteiger charge is -2.45. The van der Waals surface area contributed by atoms with Gasteiger partial charge in [-0.1, -0.05) is 118 Å². The second kappa shape index (κ2) is 19.0. The number of carboxylic acids is 1. The molecule has 1 aliphatic carbocycles. The molecule has 1 saturated heterocycles. The number of amides is 2. The first kappa shape index (κ1) is 37.5. The fraction of sp³-hybridized carbons (Fsp3) is 0.914. The molecule has 2 amide bonds. The number of unbranched alkanes of at least 4 members (excludes halogenated alkanes) is 11. The summed E-state index contributed by atoms with van der Waals surface area (Å²) in [5.74, 6) is -2.37. The Labute approximate surface area is 262 Å². The number of ether oxygens (including phenoxy) is 2. The predicted octanol–water partition coefficient (Wildman–Crippen LogP) is 7.53. The number of carboxylic acid groups (broad SMARTS) is 1. The number of carbonyl (C=O) groups excluding carboxylic acids is 2. The summed E-state index contributed by atoms with van der Waals surface area (Å²) in [4.78, 5) is 38.6. The second-order valence-electron chi connectivity index (χ2n) is 14.5. The molecule has 250 valence electrons. The van der Waals surface area contributed by atoms with Crippen LogP contribution in [0, 0.1) is 17.3 Å². The highest BCUT2D eigenvalue weighted by molar-refractivity contribution is 5.83. The molecule has 0 aromatic heterocycles. The van der Waals surface area contributed by atoms with Gasteiger partial charge >= 0.3 is 5.97 Å². The van der Waals surface area contributed by atoms with Crippen molar-refractivity contribution >= 4 is 17.8 Å². The van der Waals surface area contributed by atoms with Gasteiger partial charge < -0.3 is 25.2 Å². The van der Waals surface area contributed by atoms with Crippen LogP contribution in [0.3, 0.4) is 0 Å². The van der Waals surface area contributed by atoms with Gasteiger partial charge in [-0.25, -0.2) is 0 Å². The summed E-state index contributed by atoms with van der Waals surface area (Å²) in [6.07, 6.45) is 18.9. The molecule has 1 aliphatic heterocycles. The number of nitrogens with one attached hydrogen (secondary N) is 2. The number of hydrogen-bond donors (Lipinski definition) is 3. The molecule has 3 N–H and O–H groups in total. The van der Waals surface area contributed by atoms with Crippen molar-refractivity contribution in [2.24, 2.45) is 17.3 Å². The van der Waals surface area contributed by atoms with Crippen molar-refractivity contribution in [2.75, 3.05) is 6.61 Å². The average Bonchev–Trinajstić information content (AvgIpc) is 2.94. The topological polar surface area (TPSA) is 114 Å². The number of aliphatic carboxylic acids is 1. The van der Waals surface area contributed by atoms with Crippen molar-refractivity contribution in [3.63, 3.8) is 0 Å². The fourth-order valence-electron chi connectivity index (χ4n) is 6.65. The van der Waals surface area contributed by atoms with Gasteiger partial charge in [-0.3, -0.25) is 14.4 Å². The molecule has 1 saturated carbocycles. The van der Waals surface area contributed by atoms with Crippen LogP contribution < -0.4 is 10.6 Å². The molecular weight excluding hydrogens is 544 g/mol. The number of hydrogen-bond acceptors (Lipinski definition) is 5. The molecule has 2 rings (SSSR count). The Bertz CT molecular complexity index is 844. The summed E-state index contributed by atoms with van der Waals surface area (Å²) in [5.41, 5.74) is -0.559. The molecule has 0 bridgehead atoms. The minimum atomic E-state index is -0.964. The van der Waals surface area contributed by atoms with E-state index in [0.717, 1.165) is 44.9 Å². The van der Waals surface area contributed by atoms with Crippen molar-refractivity contribution in [3.8, 4) is 0 Å². The summed E-state index contributed by atoms with van der Waals surface area (Å²) in [7, 11) is 0. The molecular formula is C35H64N2O6. The van der Waals surface area contributed by atoms with Crippen LogP contribution >= 0.6 is 0 Å². The molecule has 2 fully saturated rings. The minimum Gasteiger partial charge on any atom is -0.481 e. The zero-order chi connectivity index (χ0) is 31.9. The minimum absolute atomic E-state index is 0.0380. The SMILES string of the molecule is CCCCCCCCCCCCCCC(C)C(=O)NC1CCCCC1C(CC(=O)O)NC(=O)C1OC(C)(C)OCC1(C)C. The van der Waals surface area contributed by atoms with Crippen LogP contribution in [0.2, 0.25) is 0 Å².